The third-order valence-electron chi connectivity index (χ3n) is 4.29. The lowest BCUT2D eigenvalue weighted by Crippen LogP contribution is -2.41. The quantitative estimate of drug-likeness (QED) is 0.814. The van der Waals surface area contributed by atoms with Gasteiger partial charge in [0.05, 0.1) is 0 Å². The molecule has 1 N–H and O–H groups in total. The van der Waals surface area contributed by atoms with E-state index in [0.717, 1.165) is 26.1 Å². The van der Waals surface area contributed by atoms with Crippen molar-refractivity contribution in [3.05, 3.63) is 0 Å². The van der Waals surface area contributed by atoms with Crippen molar-refractivity contribution in [1.82, 2.24) is 10.2 Å². The SMILES string of the molecule is CCN(C(=O)CC1CCCNC1)C1CCCC1. The molecule has 0 radical (unpaired) electrons. The normalized spacial score (nSPS) is 26.1. The molecule has 0 spiro atoms. The second-order valence-electron chi connectivity index (χ2n) is 5.53. The summed E-state index contributed by atoms with van der Waals surface area (Å²) in [6.45, 7) is 5.18. The highest BCUT2D eigenvalue weighted by Crippen LogP contribution is 2.25. The lowest BCUT2D eigenvalue weighted by atomic mass is 9.95. The van der Waals surface area contributed by atoms with Crippen LogP contribution in [-0.4, -0.2) is 36.5 Å². The fourth-order valence-electron chi connectivity index (χ4n) is 3.32. The van der Waals surface area contributed by atoms with E-state index in [1.54, 1.807) is 0 Å². The van der Waals surface area contributed by atoms with Gasteiger partial charge in [0.2, 0.25) is 5.91 Å². The second-order valence-corrected chi connectivity index (χ2v) is 5.53. The fourth-order valence-corrected chi connectivity index (χ4v) is 3.32. The van der Waals surface area contributed by atoms with Gasteiger partial charge in [-0.05, 0) is 51.6 Å². The first-order valence-corrected chi connectivity index (χ1v) is 7.31. The summed E-state index contributed by atoms with van der Waals surface area (Å²) in [5, 5.41) is 3.40. The third-order valence-corrected chi connectivity index (χ3v) is 4.29. The molecule has 1 aliphatic carbocycles. The average Bonchev–Trinajstić information content (AvgIpc) is 2.85. The van der Waals surface area contributed by atoms with Gasteiger partial charge < -0.3 is 10.2 Å². The molecule has 2 rings (SSSR count). The lowest BCUT2D eigenvalue weighted by Gasteiger charge is -2.30. The summed E-state index contributed by atoms with van der Waals surface area (Å²) < 4.78 is 0. The van der Waals surface area contributed by atoms with Crippen LogP contribution in [0.3, 0.4) is 0 Å². The van der Waals surface area contributed by atoms with Gasteiger partial charge in [0.25, 0.3) is 0 Å². The monoisotopic (exact) mass is 238 g/mol. The van der Waals surface area contributed by atoms with Crippen molar-refractivity contribution < 1.29 is 4.79 Å². The predicted molar refractivity (Wildman–Crippen MR) is 69.9 cm³/mol. The van der Waals surface area contributed by atoms with E-state index in [9.17, 15) is 4.79 Å². The van der Waals surface area contributed by atoms with Crippen LogP contribution in [0.25, 0.3) is 0 Å². The number of carbonyl (C=O) groups is 1. The maximum atomic E-state index is 12.3. The van der Waals surface area contributed by atoms with Gasteiger partial charge in [-0.1, -0.05) is 12.8 Å². The zero-order valence-corrected chi connectivity index (χ0v) is 11.1. The molecule has 2 aliphatic rings. The van der Waals surface area contributed by atoms with Gasteiger partial charge in [0.15, 0.2) is 0 Å². The Labute approximate surface area is 105 Å². The van der Waals surface area contributed by atoms with Crippen LogP contribution in [0.1, 0.15) is 51.9 Å². The van der Waals surface area contributed by atoms with Gasteiger partial charge in [-0.2, -0.15) is 0 Å². The van der Waals surface area contributed by atoms with Crippen molar-refractivity contribution in [1.29, 1.82) is 0 Å². The lowest BCUT2D eigenvalue weighted by molar-refractivity contribution is -0.134. The van der Waals surface area contributed by atoms with Crippen molar-refractivity contribution in [2.45, 2.75) is 57.9 Å². The molecule has 0 aromatic heterocycles. The van der Waals surface area contributed by atoms with Crippen LogP contribution in [0.15, 0.2) is 0 Å². The standard InChI is InChI=1S/C14H26N2O/c1-2-16(13-7-3-4-8-13)14(17)10-12-6-5-9-15-11-12/h12-13,15H,2-11H2,1H3. The van der Waals surface area contributed by atoms with E-state index in [1.165, 1.54) is 38.5 Å². The van der Waals surface area contributed by atoms with E-state index in [1.807, 2.05) is 0 Å². The number of hydrogen-bond acceptors (Lipinski definition) is 2. The van der Waals surface area contributed by atoms with Gasteiger partial charge in [0.1, 0.15) is 0 Å². The van der Waals surface area contributed by atoms with E-state index < -0.39 is 0 Å². The second kappa shape index (κ2) is 6.39. The van der Waals surface area contributed by atoms with E-state index in [2.05, 4.69) is 17.1 Å². The molecule has 1 heterocycles. The first-order chi connectivity index (χ1) is 8.31. The fraction of sp³-hybridized carbons (Fsp3) is 0.929. The minimum atomic E-state index is 0.396. The zero-order chi connectivity index (χ0) is 12.1. The molecule has 17 heavy (non-hydrogen) atoms. The van der Waals surface area contributed by atoms with Crippen molar-refractivity contribution in [3.63, 3.8) is 0 Å². The van der Waals surface area contributed by atoms with Gasteiger partial charge in [-0.15, -0.1) is 0 Å². The predicted octanol–water partition coefficient (Wildman–Crippen LogP) is 2.17. The van der Waals surface area contributed by atoms with Crippen LogP contribution in [-0.2, 0) is 4.79 Å². The van der Waals surface area contributed by atoms with E-state index in [-0.39, 0.29) is 0 Å². The highest BCUT2D eigenvalue weighted by molar-refractivity contribution is 5.76. The van der Waals surface area contributed by atoms with Crippen LogP contribution in [0.2, 0.25) is 0 Å². The number of piperidine rings is 1. The molecule has 98 valence electrons. The van der Waals surface area contributed by atoms with Crippen molar-refractivity contribution in [2.75, 3.05) is 19.6 Å². The molecular formula is C14H26N2O. The maximum absolute atomic E-state index is 12.3. The Morgan fingerprint density at radius 1 is 1.24 bits per heavy atom. The third kappa shape index (κ3) is 3.44. The Morgan fingerprint density at radius 3 is 2.59 bits per heavy atom. The Kier molecular flexibility index (Phi) is 4.84. The van der Waals surface area contributed by atoms with Gasteiger partial charge in [0, 0.05) is 19.0 Å². The van der Waals surface area contributed by atoms with Crippen LogP contribution in [0, 0.1) is 5.92 Å². The van der Waals surface area contributed by atoms with Crippen molar-refractivity contribution in [2.24, 2.45) is 5.92 Å². The van der Waals surface area contributed by atoms with Gasteiger partial charge >= 0.3 is 0 Å². The van der Waals surface area contributed by atoms with Crippen LogP contribution in [0.5, 0.6) is 0 Å². The maximum Gasteiger partial charge on any atom is 0.223 e. The summed E-state index contributed by atoms with van der Waals surface area (Å²) in [5.74, 6) is 0.972. The van der Waals surface area contributed by atoms with Crippen LogP contribution < -0.4 is 5.32 Å². The molecule has 1 saturated carbocycles. The molecule has 0 bridgehead atoms. The molecule has 3 heteroatoms. The first-order valence-electron chi connectivity index (χ1n) is 7.31. The molecule has 1 aliphatic heterocycles. The highest BCUT2D eigenvalue weighted by Gasteiger charge is 2.27. The Hall–Kier alpha value is -0.570. The highest BCUT2D eigenvalue weighted by atomic mass is 16.2. The summed E-state index contributed by atoms with van der Waals surface area (Å²) in [6, 6.07) is 0.545. The minimum absolute atomic E-state index is 0.396. The molecule has 3 nitrogen and oxygen atoms in total. The zero-order valence-electron chi connectivity index (χ0n) is 11.1. The van der Waals surface area contributed by atoms with E-state index in [4.69, 9.17) is 0 Å². The molecule has 1 atom stereocenters. The topological polar surface area (TPSA) is 32.3 Å². The van der Waals surface area contributed by atoms with E-state index >= 15 is 0 Å². The van der Waals surface area contributed by atoms with Gasteiger partial charge in [-0.25, -0.2) is 0 Å². The van der Waals surface area contributed by atoms with E-state index in [0.29, 0.717) is 17.9 Å². The van der Waals surface area contributed by atoms with Crippen molar-refractivity contribution >= 4 is 5.91 Å². The number of carbonyl (C=O) groups excluding carboxylic acids is 1. The molecule has 2 fully saturated rings. The summed E-state index contributed by atoms with van der Waals surface area (Å²) in [5.41, 5.74) is 0. The molecule has 1 saturated heterocycles. The summed E-state index contributed by atoms with van der Waals surface area (Å²) in [6.07, 6.45) is 8.27. The minimum Gasteiger partial charge on any atom is -0.340 e. The average molecular weight is 238 g/mol. The van der Waals surface area contributed by atoms with Crippen LogP contribution >= 0.6 is 0 Å². The Bertz CT molecular complexity index is 243. The molecule has 0 aromatic carbocycles. The number of nitrogens with one attached hydrogen (secondary N) is 1. The first kappa shape index (κ1) is 12.9. The number of nitrogens with zero attached hydrogens (tertiary/aromatic N) is 1. The Morgan fingerprint density at radius 2 is 2.00 bits per heavy atom. The summed E-state index contributed by atoms with van der Waals surface area (Å²) >= 11 is 0. The number of amides is 1. The number of rotatable bonds is 4. The molecular weight excluding hydrogens is 212 g/mol. The summed E-state index contributed by atoms with van der Waals surface area (Å²) in [4.78, 5) is 14.5. The molecule has 0 aromatic rings. The number of hydrogen-bond donors (Lipinski definition) is 1. The largest absolute Gasteiger partial charge is 0.340 e. The van der Waals surface area contributed by atoms with Crippen LogP contribution in [0.4, 0.5) is 0 Å². The molecule has 1 unspecified atom stereocenters. The van der Waals surface area contributed by atoms with Crippen molar-refractivity contribution in [3.8, 4) is 0 Å². The summed E-state index contributed by atoms with van der Waals surface area (Å²) in [7, 11) is 0. The molecule has 1 amide bonds. The Balaban J connectivity index is 1.83. The smallest absolute Gasteiger partial charge is 0.223 e. The van der Waals surface area contributed by atoms with Gasteiger partial charge in [-0.3, -0.25) is 4.79 Å².